The molecule has 4 fully saturated rings. The summed E-state index contributed by atoms with van der Waals surface area (Å²) in [6.45, 7) is 2.41. The van der Waals surface area contributed by atoms with Gasteiger partial charge in [-0.15, -0.1) is 10.2 Å². The first kappa shape index (κ1) is 19.7. The minimum atomic E-state index is -0.159. The molecule has 0 atom stereocenters. The average Bonchev–Trinajstić information content (AvgIpc) is 3.15. The summed E-state index contributed by atoms with van der Waals surface area (Å²) in [5, 5.41) is 15.4. The zero-order valence-electron chi connectivity index (χ0n) is 17.3. The molecule has 1 heterocycles. The molecule has 30 heavy (non-hydrogen) atoms. The second kappa shape index (κ2) is 7.76. The molecule has 1 aromatic heterocycles. The molecule has 4 aliphatic rings. The Morgan fingerprint density at radius 2 is 1.67 bits per heavy atom. The van der Waals surface area contributed by atoms with Crippen molar-refractivity contribution in [3.63, 3.8) is 0 Å². The monoisotopic (exact) mass is 424 g/mol. The molecule has 0 spiro atoms. The first-order chi connectivity index (χ1) is 14.5. The van der Waals surface area contributed by atoms with Crippen molar-refractivity contribution < 1.29 is 9.59 Å². The van der Waals surface area contributed by atoms with E-state index in [1.54, 1.807) is 0 Å². The number of hydrogen-bond acceptors (Lipinski definition) is 5. The third-order valence-electron chi connectivity index (χ3n) is 7.13. The van der Waals surface area contributed by atoms with E-state index < -0.39 is 0 Å². The van der Waals surface area contributed by atoms with E-state index in [1.807, 2.05) is 31.2 Å². The molecule has 2 N–H and O–H groups in total. The first-order valence-corrected chi connectivity index (χ1v) is 11.8. The third kappa shape index (κ3) is 3.87. The van der Waals surface area contributed by atoms with Gasteiger partial charge in [0.15, 0.2) is 0 Å². The number of amides is 2. The maximum atomic E-state index is 13.0. The van der Waals surface area contributed by atoms with E-state index in [0.717, 1.165) is 47.6 Å². The second-order valence-electron chi connectivity index (χ2n) is 9.53. The highest BCUT2D eigenvalue weighted by molar-refractivity contribution is 7.18. The highest BCUT2D eigenvalue weighted by atomic mass is 32.1. The van der Waals surface area contributed by atoms with Crippen molar-refractivity contribution in [3.8, 4) is 10.6 Å². The molecule has 0 radical (unpaired) electrons. The van der Waals surface area contributed by atoms with Gasteiger partial charge in [-0.3, -0.25) is 9.59 Å². The van der Waals surface area contributed by atoms with Crippen molar-refractivity contribution in [3.05, 3.63) is 29.8 Å². The molecule has 6 rings (SSSR count). The first-order valence-electron chi connectivity index (χ1n) is 11.0. The Bertz CT molecular complexity index is 917. The summed E-state index contributed by atoms with van der Waals surface area (Å²) in [6, 6.07) is 8.06. The lowest BCUT2D eigenvalue weighted by Crippen LogP contribution is -2.53. The summed E-state index contributed by atoms with van der Waals surface area (Å²) in [6.07, 6.45) is 7.35. The largest absolute Gasteiger partial charge is 0.355 e. The van der Waals surface area contributed by atoms with Gasteiger partial charge in [0.2, 0.25) is 16.9 Å². The van der Waals surface area contributed by atoms with Crippen LogP contribution < -0.4 is 10.6 Å². The number of carbonyl (C=O) groups is 2. The van der Waals surface area contributed by atoms with Crippen LogP contribution in [0, 0.1) is 30.1 Å². The van der Waals surface area contributed by atoms with Gasteiger partial charge in [-0.2, -0.15) is 0 Å². The molecule has 0 unspecified atom stereocenters. The van der Waals surface area contributed by atoms with Crippen molar-refractivity contribution >= 4 is 28.3 Å². The van der Waals surface area contributed by atoms with E-state index in [-0.39, 0.29) is 23.7 Å². The van der Waals surface area contributed by atoms with Crippen molar-refractivity contribution in [2.45, 2.75) is 51.9 Å². The van der Waals surface area contributed by atoms with Crippen LogP contribution in [0.5, 0.6) is 0 Å². The topological polar surface area (TPSA) is 84.0 Å². The number of rotatable bonds is 6. The Morgan fingerprint density at radius 1 is 1.03 bits per heavy atom. The molecule has 7 heteroatoms. The lowest BCUT2D eigenvalue weighted by atomic mass is 9.49. The van der Waals surface area contributed by atoms with Gasteiger partial charge in [-0.25, -0.2) is 0 Å². The number of aromatic nitrogens is 2. The predicted octanol–water partition coefficient (Wildman–Crippen LogP) is 4.17. The van der Waals surface area contributed by atoms with E-state index in [9.17, 15) is 9.59 Å². The smallest absolute Gasteiger partial charge is 0.227 e. The fourth-order valence-electron chi connectivity index (χ4n) is 6.13. The minimum absolute atomic E-state index is 0.146. The van der Waals surface area contributed by atoms with Crippen LogP contribution in [0.4, 0.5) is 5.13 Å². The van der Waals surface area contributed by atoms with E-state index in [4.69, 9.17) is 0 Å². The van der Waals surface area contributed by atoms with Crippen LogP contribution >= 0.6 is 11.3 Å². The van der Waals surface area contributed by atoms with E-state index in [1.165, 1.54) is 36.2 Å². The lowest BCUT2D eigenvalue weighted by Gasteiger charge is -2.55. The second-order valence-corrected chi connectivity index (χ2v) is 10.5. The molecule has 6 nitrogen and oxygen atoms in total. The number of hydrogen-bond donors (Lipinski definition) is 2. The minimum Gasteiger partial charge on any atom is -0.355 e. The van der Waals surface area contributed by atoms with Crippen LogP contribution in [0.15, 0.2) is 24.3 Å². The number of benzene rings is 1. The molecule has 0 aliphatic heterocycles. The fourth-order valence-corrected chi connectivity index (χ4v) is 6.90. The summed E-state index contributed by atoms with van der Waals surface area (Å²) in [4.78, 5) is 25.3. The molecule has 2 amide bonds. The van der Waals surface area contributed by atoms with Gasteiger partial charge in [0.05, 0.1) is 0 Å². The fraction of sp³-hybridized carbons (Fsp3) is 0.565. The van der Waals surface area contributed by atoms with E-state index in [2.05, 4.69) is 20.8 Å². The summed E-state index contributed by atoms with van der Waals surface area (Å²) in [5.74, 6) is 2.25. The number of nitrogens with zero attached hydrogens (tertiary/aromatic N) is 2. The molecule has 158 valence electrons. The van der Waals surface area contributed by atoms with Crippen molar-refractivity contribution in [1.82, 2.24) is 15.5 Å². The van der Waals surface area contributed by atoms with Crippen LogP contribution in [0.25, 0.3) is 10.6 Å². The molecule has 4 aliphatic carbocycles. The molecule has 2 aromatic rings. The number of nitrogens with one attached hydrogen (secondary N) is 2. The molecule has 4 bridgehead atoms. The molecule has 1 aromatic carbocycles. The molecule has 4 saturated carbocycles. The predicted molar refractivity (Wildman–Crippen MR) is 117 cm³/mol. The van der Waals surface area contributed by atoms with Crippen LogP contribution in [0.1, 0.15) is 50.5 Å². The van der Waals surface area contributed by atoms with E-state index in [0.29, 0.717) is 11.7 Å². The van der Waals surface area contributed by atoms with Crippen molar-refractivity contribution in [1.29, 1.82) is 0 Å². The zero-order chi connectivity index (χ0) is 20.7. The molecular weight excluding hydrogens is 396 g/mol. The van der Waals surface area contributed by atoms with Crippen LogP contribution in [0.2, 0.25) is 0 Å². The van der Waals surface area contributed by atoms with Crippen molar-refractivity contribution in [2.24, 2.45) is 23.2 Å². The highest BCUT2D eigenvalue weighted by Gasteiger charge is 2.54. The Morgan fingerprint density at radius 3 is 2.30 bits per heavy atom. The quantitative estimate of drug-likeness (QED) is 0.729. The van der Waals surface area contributed by atoms with Crippen LogP contribution in [-0.2, 0) is 9.59 Å². The van der Waals surface area contributed by atoms with Gasteiger partial charge in [0.25, 0.3) is 0 Å². The maximum Gasteiger partial charge on any atom is 0.227 e. The number of anilines is 1. The summed E-state index contributed by atoms with van der Waals surface area (Å²) in [5.41, 5.74) is 2.02. The maximum absolute atomic E-state index is 13.0. The normalized spacial score (nSPS) is 29.0. The van der Waals surface area contributed by atoms with Crippen LogP contribution in [-0.4, -0.2) is 28.6 Å². The summed E-state index contributed by atoms with van der Waals surface area (Å²) < 4.78 is 0. The van der Waals surface area contributed by atoms with Gasteiger partial charge in [-0.05, 0) is 63.2 Å². The van der Waals surface area contributed by atoms with Crippen molar-refractivity contribution in [2.75, 3.05) is 11.9 Å². The number of aryl methyl sites for hydroxylation is 1. The summed E-state index contributed by atoms with van der Waals surface area (Å²) in [7, 11) is 0. The average molecular weight is 425 g/mol. The third-order valence-corrected chi connectivity index (χ3v) is 8.02. The zero-order valence-corrected chi connectivity index (χ0v) is 18.1. The van der Waals surface area contributed by atoms with Gasteiger partial charge in [0, 0.05) is 23.9 Å². The molecule has 0 saturated heterocycles. The molecular formula is C23H28N4O2S. The standard InChI is InChI=1S/C23H28N4O2S/c1-14-2-4-18(5-3-14)20-26-27-22(30-20)25-19(28)6-7-24-21(29)23-11-15-8-16(12-23)10-17(9-15)13-23/h2-5,15-17H,6-13H2,1H3,(H,24,29)(H,25,27,28). The van der Waals surface area contributed by atoms with Crippen LogP contribution in [0.3, 0.4) is 0 Å². The Kier molecular flexibility index (Phi) is 5.09. The van der Waals surface area contributed by atoms with E-state index >= 15 is 0 Å². The highest BCUT2D eigenvalue weighted by Crippen LogP contribution is 2.60. The number of carbonyl (C=O) groups excluding carboxylic acids is 2. The lowest BCUT2D eigenvalue weighted by molar-refractivity contribution is -0.146. The van der Waals surface area contributed by atoms with Gasteiger partial charge < -0.3 is 10.6 Å². The Labute approximate surface area is 180 Å². The Balaban J connectivity index is 1.11. The van der Waals surface area contributed by atoms with Gasteiger partial charge in [-0.1, -0.05) is 41.2 Å². The Hall–Kier alpha value is -2.28. The SMILES string of the molecule is Cc1ccc(-c2nnc(NC(=O)CCNC(=O)C34CC5CC(CC(C5)C3)C4)s2)cc1. The van der Waals surface area contributed by atoms with Gasteiger partial charge in [0.1, 0.15) is 5.01 Å². The van der Waals surface area contributed by atoms with Gasteiger partial charge >= 0.3 is 0 Å². The summed E-state index contributed by atoms with van der Waals surface area (Å²) >= 11 is 1.36.